The highest BCUT2D eigenvalue weighted by Crippen LogP contribution is 2.44. The molecule has 1 aromatic heterocycles. The Bertz CT molecular complexity index is 964. The summed E-state index contributed by atoms with van der Waals surface area (Å²) in [5.74, 6) is 1.93. The van der Waals surface area contributed by atoms with Crippen LogP contribution in [0.4, 0.5) is 0 Å². The van der Waals surface area contributed by atoms with Gasteiger partial charge in [0.1, 0.15) is 18.2 Å². The van der Waals surface area contributed by atoms with Gasteiger partial charge in [0.25, 0.3) is 0 Å². The quantitative estimate of drug-likeness (QED) is 0.632. The van der Waals surface area contributed by atoms with Gasteiger partial charge in [-0.1, -0.05) is 48.5 Å². The summed E-state index contributed by atoms with van der Waals surface area (Å²) < 4.78 is 5.73. The largest absolute Gasteiger partial charge is 0.490 e. The van der Waals surface area contributed by atoms with Crippen LogP contribution in [0.25, 0.3) is 11.6 Å². The molecule has 0 aliphatic heterocycles. The lowest BCUT2D eigenvalue weighted by Crippen LogP contribution is -2.01. The smallest absolute Gasteiger partial charge is 0.149 e. The summed E-state index contributed by atoms with van der Waals surface area (Å²) in [5, 5.41) is 15.0. The zero-order valence-electron chi connectivity index (χ0n) is 14.7. The van der Waals surface area contributed by atoms with Crippen LogP contribution in [0.2, 0.25) is 5.02 Å². The Labute approximate surface area is 162 Å². The van der Waals surface area contributed by atoms with Crippen molar-refractivity contribution in [3.05, 3.63) is 82.7 Å². The maximum atomic E-state index is 6.01. The van der Waals surface area contributed by atoms with Gasteiger partial charge in [-0.25, -0.2) is 5.10 Å². The minimum atomic E-state index is 0.292. The third kappa shape index (κ3) is 3.93. The van der Waals surface area contributed by atoms with E-state index in [0.717, 1.165) is 35.0 Å². The standard InChI is InChI=1S/C21H19ClN4O/c1-2-9-27-18-7-8-19-15(10-14-3-5-17(22)6-4-14)11-16(20(19)13-18)12-21-23-25-26-24-21/h2-8,10,13,16H,1,9,11-12H2,(H,23,24,25,26). The van der Waals surface area contributed by atoms with Gasteiger partial charge in [0.15, 0.2) is 0 Å². The highest BCUT2D eigenvalue weighted by atomic mass is 35.5. The van der Waals surface area contributed by atoms with Crippen LogP contribution in [0.3, 0.4) is 0 Å². The summed E-state index contributed by atoms with van der Waals surface area (Å²) in [5.41, 5.74) is 4.93. The van der Waals surface area contributed by atoms with E-state index in [1.807, 2.05) is 30.3 Å². The molecular weight excluding hydrogens is 360 g/mol. The molecule has 1 unspecified atom stereocenters. The van der Waals surface area contributed by atoms with Crippen molar-refractivity contribution in [3.63, 3.8) is 0 Å². The van der Waals surface area contributed by atoms with E-state index in [1.165, 1.54) is 16.7 Å². The molecule has 1 aliphatic rings. The molecule has 0 fully saturated rings. The lowest BCUT2D eigenvalue weighted by atomic mass is 9.97. The highest BCUT2D eigenvalue weighted by Gasteiger charge is 2.28. The minimum absolute atomic E-state index is 0.292. The second kappa shape index (κ2) is 7.76. The molecule has 0 radical (unpaired) electrons. The monoisotopic (exact) mass is 378 g/mol. The van der Waals surface area contributed by atoms with E-state index in [-0.39, 0.29) is 0 Å². The zero-order valence-corrected chi connectivity index (χ0v) is 15.5. The van der Waals surface area contributed by atoms with Crippen LogP contribution < -0.4 is 4.74 Å². The lowest BCUT2D eigenvalue weighted by Gasteiger charge is -2.11. The molecule has 0 saturated heterocycles. The van der Waals surface area contributed by atoms with Crippen LogP contribution in [0.15, 0.2) is 55.1 Å². The fourth-order valence-corrected chi connectivity index (χ4v) is 3.60. The number of hydrogen-bond donors (Lipinski definition) is 1. The van der Waals surface area contributed by atoms with Crippen molar-refractivity contribution >= 4 is 23.3 Å². The second-order valence-corrected chi connectivity index (χ2v) is 6.96. The fourth-order valence-electron chi connectivity index (χ4n) is 3.48. The Morgan fingerprint density at radius 1 is 1.22 bits per heavy atom. The van der Waals surface area contributed by atoms with Crippen molar-refractivity contribution in [1.82, 2.24) is 20.6 Å². The first-order valence-corrected chi connectivity index (χ1v) is 9.17. The molecule has 0 spiro atoms. The van der Waals surface area contributed by atoms with Crippen molar-refractivity contribution < 1.29 is 4.74 Å². The van der Waals surface area contributed by atoms with E-state index in [1.54, 1.807) is 6.08 Å². The van der Waals surface area contributed by atoms with Crippen molar-refractivity contribution in [3.8, 4) is 5.75 Å². The van der Waals surface area contributed by atoms with E-state index < -0.39 is 0 Å². The predicted molar refractivity (Wildman–Crippen MR) is 107 cm³/mol. The second-order valence-electron chi connectivity index (χ2n) is 6.52. The average molecular weight is 379 g/mol. The Kier molecular flexibility index (Phi) is 5.03. The number of hydrogen-bond acceptors (Lipinski definition) is 4. The van der Waals surface area contributed by atoms with Gasteiger partial charge >= 0.3 is 0 Å². The molecule has 0 amide bonds. The number of aromatic nitrogens is 4. The van der Waals surface area contributed by atoms with Crippen LogP contribution in [-0.2, 0) is 6.42 Å². The molecule has 1 aliphatic carbocycles. The first-order chi connectivity index (χ1) is 13.2. The van der Waals surface area contributed by atoms with Gasteiger partial charge in [0, 0.05) is 11.4 Å². The van der Waals surface area contributed by atoms with E-state index in [2.05, 4.69) is 45.4 Å². The molecule has 136 valence electrons. The first kappa shape index (κ1) is 17.5. The molecule has 27 heavy (non-hydrogen) atoms. The molecule has 5 nitrogen and oxygen atoms in total. The molecule has 3 aromatic rings. The summed E-state index contributed by atoms with van der Waals surface area (Å²) in [7, 11) is 0. The molecule has 1 atom stereocenters. The number of rotatable bonds is 6. The fraction of sp³-hybridized carbons (Fsp3) is 0.190. The van der Waals surface area contributed by atoms with Crippen LogP contribution in [0.5, 0.6) is 5.75 Å². The summed E-state index contributed by atoms with van der Waals surface area (Å²) in [6.07, 6.45) is 5.64. The number of benzene rings is 2. The van der Waals surface area contributed by atoms with Gasteiger partial charge in [-0.2, -0.15) is 0 Å². The molecule has 0 saturated carbocycles. The maximum Gasteiger partial charge on any atom is 0.149 e. The van der Waals surface area contributed by atoms with E-state index >= 15 is 0 Å². The molecule has 1 N–H and O–H groups in total. The van der Waals surface area contributed by atoms with Gasteiger partial charge in [0.2, 0.25) is 0 Å². The van der Waals surface area contributed by atoms with E-state index in [0.29, 0.717) is 12.5 Å². The molecule has 0 bridgehead atoms. The van der Waals surface area contributed by atoms with Gasteiger partial charge in [-0.05, 0) is 69.3 Å². The summed E-state index contributed by atoms with van der Waals surface area (Å²) in [6.45, 7) is 4.20. The summed E-state index contributed by atoms with van der Waals surface area (Å²) in [4.78, 5) is 0. The minimum Gasteiger partial charge on any atom is -0.490 e. The van der Waals surface area contributed by atoms with Gasteiger partial charge < -0.3 is 4.74 Å². The summed E-state index contributed by atoms with van der Waals surface area (Å²) >= 11 is 6.01. The van der Waals surface area contributed by atoms with Gasteiger partial charge in [-0.3, -0.25) is 0 Å². The number of fused-ring (bicyclic) bond motifs is 1. The topological polar surface area (TPSA) is 63.7 Å². The third-order valence-electron chi connectivity index (χ3n) is 4.68. The zero-order chi connectivity index (χ0) is 18.6. The Morgan fingerprint density at radius 2 is 2.07 bits per heavy atom. The molecule has 1 heterocycles. The van der Waals surface area contributed by atoms with Crippen LogP contribution in [0.1, 0.15) is 34.9 Å². The Morgan fingerprint density at radius 3 is 2.81 bits per heavy atom. The molecule has 6 heteroatoms. The van der Waals surface area contributed by atoms with Crippen molar-refractivity contribution in [2.24, 2.45) is 0 Å². The number of aromatic amines is 1. The Balaban J connectivity index is 1.69. The first-order valence-electron chi connectivity index (χ1n) is 8.79. The van der Waals surface area contributed by atoms with Crippen LogP contribution in [-0.4, -0.2) is 27.2 Å². The third-order valence-corrected chi connectivity index (χ3v) is 4.93. The number of allylic oxidation sites excluding steroid dienone is 1. The molecule has 4 rings (SSSR count). The normalized spacial score (nSPS) is 17.1. The number of nitrogens with zero attached hydrogens (tertiary/aromatic N) is 3. The molecule has 2 aromatic carbocycles. The molecular formula is C21H19ClN4O. The van der Waals surface area contributed by atoms with Crippen LogP contribution >= 0.6 is 11.6 Å². The number of tetrazole rings is 1. The van der Waals surface area contributed by atoms with Crippen molar-refractivity contribution in [1.29, 1.82) is 0 Å². The summed E-state index contributed by atoms with van der Waals surface area (Å²) in [6, 6.07) is 14.1. The van der Waals surface area contributed by atoms with Gasteiger partial charge in [-0.15, -0.1) is 5.10 Å². The highest BCUT2D eigenvalue weighted by molar-refractivity contribution is 6.30. The maximum absolute atomic E-state index is 6.01. The Hall–Kier alpha value is -2.92. The number of ether oxygens (including phenoxy) is 1. The SMILES string of the molecule is C=CCOc1ccc2c(c1)C(Cc1nnn[nH]1)CC2=Cc1ccc(Cl)cc1. The van der Waals surface area contributed by atoms with Crippen molar-refractivity contribution in [2.45, 2.75) is 18.8 Å². The van der Waals surface area contributed by atoms with Crippen LogP contribution in [0, 0.1) is 0 Å². The van der Waals surface area contributed by atoms with E-state index in [4.69, 9.17) is 16.3 Å². The number of nitrogens with one attached hydrogen (secondary N) is 1. The van der Waals surface area contributed by atoms with Crippen molar-refractivity contribution in [2.75, 3.05) is 6.61 Å². The number of halogens is 1. The number of H-pyrrole nitrogens is 1. The van der Waals surface area contributed by atoms with E-state index in [9.17, 15) is 0 Å². The predicted octanol–water partition coefficient (Wildman–Crippen LogP) is 4.69. The lowest BCUT2D eigenvalue weighted by molar-refractivity contribution is 0.362. The van der Waals surface area contributed by atoms with Gasteiger partial charge in [0.05, 0.1) is 0 Å². The average Bonchev–Trinajstić information content (AvgIpc) is 3.31.